The fourth-order valence-corrected chi connectivity index (χ4v) is 3.60. The monoisotopic (exact) mass is 331 g/mol. The summed E-state index contributed by atoms with van der Waals surface area (Å²) >= 11 is 1.52. The molecule has 0 N–H and O–H groups in total. The van der Waals surface area contributed by atoms with Crippen molar-refractivity contribution in [2.45, 2.75) is 39.2 Å². The second-order valence-corrected chi connectivity index (χ2v) is 7.98. The number of rotatable bonds is 5. The van der Waals surface area contributed by atoms with Crippen LogP contribution in [0.15, 0.2) is 30.3 Å². The summed E-state index contributed by atoms with van der Waals surface area (Å²) in [4.78, 5) is 7.07. The Kier molecular flexibility index (Phi) is 4.97. The van der Waals surface area contributed by atoms with Crippen LogP contribution in [0, 0.1) is 5.92 Å². The minimum Gasteiger partial charge on any atom is -0.376 e. The number of anilines is 1. The average Bonchev–Trinajstić information content (AvgIpc) is 3.16. The van der Waals surface area contributed by atoms with Gasteiger partial charge in [0.25, 0.3) is 0 Å². The van der Waals surface area contributed by atoms with E-state index in [9.17, 15) is 0 Å². The summed E-state index contributed by atoms with van der Waals surface area (Å²) < 4.78 is 10.4. The van der Waals surface area contributed by atoms with Crippen molar-refractivity contribution in [1.29, 1.82) is 0 Å². The first kappa shape index (κ1) is 16.4. The van der Waals surface area contributed by atoms with Crippen LogP contribution in [0.5, 0.6) is 0 Å². The van der Waals surface area contributed by atoms with Gasteiger partial charge in [0, 0.05) is 36.0 Å². The van der Waals surface area contributed by atoms with Crippen LogP contribution < -0.4 is 4.90 Å². The summed E-state index contributed by atoms with van der Waals surface area (Å²) in [6.07, 6.45) is 1.17. The molecule has 2 heterocycles. The summed E-state index contributed by atoms with van der Waals surface area (Å²) in [5, 5.41) is 1.06. The molecule has 124 valence electrons. The number of benzene rings is 1. The highest BCUT2D eigenvalue weighted by Gasteiger charge is 2.27. The lowest BCUT2D eigenvalue weighted by Crippen LogP contribution is -2.21. The Bertz CT molecular complexity index is 621. The molecule has 1 aromatic carbocycles. The van der Waals surface area contributed by atoms with Crippen molar-refractivity contribution >= 4 is 16.7 Å². The molecule has 23 heavy (non-hydrogen) atoms. The third-order valence-corrected chi connectivity index (χ3v) is 4.88. The summed E-state index contributed by atoms with van der Waals surface area (Å²) in [6.45, 7) is 10.1. The van der Waals surface area contributed by atoms with Gasteiger partial charge in [0.05, 0.1) is 13.2 Å². The number of ether oxygens (including phenoxy) is 1. The van der Waals surface area contributed by atoms with Crippen molar-refractivity contribution in [3.8, 4) is 0 Å². The Balaban J connectivity index is 1.48. The van der Waals surface area contributed by atoms with Gasteiger partial charge >= 0.3 is 0 Å². The van der Waals surface area contributed by atoms with Crippen LogP contribution >= 0.6 is 11.5 Å². The van der Waals surface area contributed by atoms with Crippen molar-refractivity contribution in [2.24, 2.45) is 5.92 Å². The maximum absolute atomic E-state index is 5.89. The van der Waals surface area contributed by atoms with Gasteiger partial charge in [-0.05, 0) is 12.0 Å². The van der Waals surface area contributed by atoms with E-state index in [0.29, 0.717) is 12.5 Å². The third-order valence-electron chi connectivity index (χ3n) is 4.11. The molecule has 1 saturated heterocycles. The van der Waals surface area contributed by atoms with E-state index in [0.717, 1.165) is 30.7 Å². The smallest absolute Gasteiger partial charge is 0.205 e. The molecular weight excluding hydrogens is 306 g/mol. The Morgan fingerprint density at radius 1 is 1.26 bits per heavy atom. The van der Waals surface area contributed by atoms with Gasteiger partial charge < -0.3 is 9.64 Å². The normalized spacial score (nSPS) is 18.6. The largest absolute Gasteiger partial charge is 0.376 e. The van der Waals surface area contributed by atoms with E-state index < -0.39 is 0 Å². The van der Waals surface area contributed by atoms with Crippen molar-refractivity contribution in [1.82, 2.24) is 9.36 Å². The lowest BCUT2D eigenvalue weighted by molar-refractivity contribution is 0.0929. The van der Waals surface area contributed by atoms with Crippen molar-refractivity contribution in [3.63, 3.8) is 0 Å². The van der Waals surface area contributed by atoms with E-state index in [2.05, 4.69) is 54.3 Å². The molecule has 1 unspecified atom stereocenters. The van der Waals surface area contributed by atoms with E-state index >= 15 is 0 Å². The molecule has 3 rings (SSSR count). The van der Waals surface area contributed by atoms with Crippen LogP contribution in [-0.4, -0.2) is 29.1 Å². The Labute approximate surface area is 142 Å². The molecule has 1 aliphatic heterocycles. The molecule has 4 nitrogen and oxygen atoms in total. The quantitative estimate of drug-likeness (QED) is 0.833. The average molecular weight is 331 g/mol. The predicted molar refractivity (Wildman–Crippen MR) is 95.0 cm³/mol. The van der Waals surface area contributed by atoms with Crippen LogP contribution in [0.1, 0.15) is 38.6 Å². The first-order valence-corrected chi connectivity index (χ1v) is 9.00. The minimum absolute atomic E-state index is 0.0205. The molecule has 5 heteroatoms. The van der Waals surface area contributed by atoms with Gasteiger partial charge in [0.15, 0.2) is 0 Å². The maximum Gasteiger partial charge on any atom is 0.205 e. The SMILES string of the molecule is CC(C)(C)c1nsc(N2CCC(COCc3ccccc3)C2)n1. The third kappa shape index (κ3) is 4.30. The molecule has 1 aliphatic rings. The Morgan fingerprint density at radius 3 is 2.74 bits per heavy atom. The molecule has 0 bridgehead atoms. The van der Waals surface area contributed by atoms with Gasteiger partial charge in [0.1, 0.15) is 5.82 Å². The van der Waals surface area contributed by atoms with E-state index in [1.54, 1.807) is 0 Å². The first-order valence-electron chi connectivity index (χ1n) is 8.23. The van der Waals surface area contributed by atoms with Crippen LogP contribution in [-0.2, 0) is 16.8 Å². The van der Waals surface area contributed by atoms with E-state index in [4.69, 9.17) is 9.72 Å². The van der Waals surface area contributed by atoms with Crippen LogP contribution in [0.2, 0.25) is 0 Å². The fraction of sp³-hybridized carbons (Fsp3) is 0.556. The van der Waals surface area contributed by atoms with E-state index in [1.807, 2.05) is 6.07 Å². The van der Waals surface area contributed by atoms with Crippen LogP contribution in [0.4, 0.5) is 5.13 Å². The molecule has 1 aromatic heterocycles. The van der Waals surface area contributed by atoms with Gasteiger partial charge in [0.2, 0.25) is 5.13 Å². The lowest BCUT2D eigenvalue weighted by Gasteiger charge is -2.16. The molecule has 0 amide bonds. The standard InChI is InChI=1S/C18H25N3OS/c1-18(2,3)16-19-17(23-20-16)21-10-9-15(11-21)13-22-12-14-7-5-4-6-8-14/h4-8,15H,9-13H2,1-3H3. The summed E-state index contributed by atoms with van der Waals surface area (Å²) in [7, 11) is 0. The summed E-state index contributed by atoms with van der Waals surface area (Å²) in [5.74, 6) is 1.53. The Morgan fingerprint density at radius 2 is 2.04 bits per heavy atom. The van der Waals surface area contributed by atoms with Gasteiger partial charge in [-0.1, -0.05) is 51.1 Å². The van der Waals surface area contributed by atoms with E-state index in [-0.39, 0.29) is 5.41 Å². The van der Waals surface area contributed by atoms with Gasteiger partial charge in [-0.25, -0.2) is 4.98 Å². The fourth-order valence-electron chi connectivity index (χ4n) is 2.71. The van der Waals surface area contributed by atoms with Gasteiger partial charge in [-0.15, -0.1) is 0 Å². The molecule has 0 radical (unpaired) electrons. The minimum atomic E-state index is 0.0205. The second-order valence-electron chi connectivity index (χ2n) is 7.25. The molecule has 0 saturated carbocycles. The predicted octanol–water partition coefficient (Wildman–Crippen LogP) is 3.88. The number of nitrogens with zero attached hydrogens (tertiary/aromatic N) is 3. The molecule has 0 aliphatic carbocycles. The first-order chi connectivity index (χ1) is 11.0. The highest BCUT2D eigenvalue weighted by molar-refractivity contribution is 7.09. The van der Waals surface area contributed by atoms with E-state index in [1.165, 1.54) is 23.5 Å². The zero-order chi connectivity index (χ0) is 16.3. The molecule has 0 spiro atoms. The van der Waals surface area contributed by atoms with Gasteiger partial charge in [-0.2, -0.15) is 4.37 Å². The Hall–Kier alpha value is -1.46. The van der Waals surface area contributed by atoms with Crippen molar-refractivity contribution in [3.05, 3.63) is 41.7 Å². The number of hydrogen-bond donors (Lipinski definition) is 0. The maximum atomic E-state index is 5.89. The topological polar surface area (TPSA) is 38.2 Å². The highest BCUT2D eigenvalue weighted by Crippen LogP contribution is 2.29. The molecule has 1 fully saturated rings. The zero-order valence-corrected chi connectivity index (χ0v) is 15.0. The summed E-state index contributed by atoms with van der Waals surface area (Å²) in [6, 6.07) is 10.4. The van der Waals surface area contributed by atoms with Crippen LogP contribution in [0.25, 0.3) is 0 Å². The number of aromatic nitrogens is 2. The van der Waals surface area contributed by atoms with Crippen molar-refractivity contribution in [2.75, 3.05) is 24.6 Å². The molecule has 1 atom stereocenters. The number of hydrogen-bond acceptors (Lipinski definition) is 5. The van der Waals surface area contributed by atoms with Crippen molar-refractivity contribution < 1.29 is 4.74 Å². The zero-order valence-electron chi connectivity index (χ0n) is 14.2. The molecular formula is C18H25N3OS. The van der Waals surface area contributed by atoms with Crippen LogP contribution in [0.3, 0.4) is 0 Å². The molecule has 2 aromatic rings. The van der Waals surface area contributed by atoms with Gasteiger partial charge in [-0.3, -0.25) is 0 Å². The lowest BCUT2D eigenvalue weighted by atomic mass is 9.96. The summed E-state index contributed by atoms with van der Waals surface area (Å²) in [5.41, 5.74) is 1.26. The second kappa shape index (κ2) is 6.97. The highest BCUT2D eigenvalue weighted by atomic mass is 32.1.